The summed E-state index contributed by atoms with van der Waals surface area (Å²) in [4.78, 5) is 14.9. The number of hydrogen-bond donors (Lipinski definition) is 1. The Morgan fingerprint density at radius 3 is 2.88 bits per heavy atom. The van der Waals surface area contributed by atoms with Crippen LogP contribution in [0, 0.1) is 5.92 Å². The van der Waals surface area contributed by atoms with Crippen LogP contribution < -0.4 is 5.32 Å². The lowest BCUT2D eigenvalue weighted by atomic mass is 9.96. The predicted molar refractivity (Wildman–Crippen MR) is 103 cm³/mol. The Balaban J connectivity index is 1.39. The first kappa shape index (κ1) is 16.9. The van der Waals surface area contributed by atoms with E-state index in [0.717, 1.165) is 38.2 Å². The van der Waals surface area contributed by atoms with Gasteiger partial charge in [-0.3, -0.25) is 9.69 Å². The van der Waals surface area contributed by atoms with E-state index in [2.05, 4.69) is 52.7 Å². The first-order chi connectivity index (χ1) is 12.8. The third kappa shape index (κ3) is 3.81. The lowest BCUT2D eigenvalue weighted by Crippen LogP contribution is -2.42. The molecule has 0 radical (unpaired) electrons. The molecule has 0 bridgehead atoms. The molecule has 4 rings (SSSR count). The van der Waals surface area contributed by atoms with E-state index in [1.54, 1.807) is 6.26 Å². The highest BCUT2D eigenvalue weighted by atomic mass is 16.3. The van der Waals surface area contributed by atoms with E-state index >= 15 is 0 Å². The van der Waals surface area contributed by atoms with Crippen LogP contribution in [-0.2, 0) is 17.9 Å². The zero-order valence-corrected chi connectivity index (χ0v) is 14.9. The zero-order chi connectivity index (χ0) is 17.8. The highest BCUT2D eigenvalue weighted by Gasteiger charge is 2.26. The smallest absolute Gasteiger partial charge is 0.224 e. The molecule has 1 saturated heterocycles. The van der Waals surface area contributed by atoms with Crippen molar-refractivity contribution in [3.8, 4) is 0 Å². The van der Waals surface area contributed by atoms with E-state index in [0.29, 0.717) is 6.54 Å². The van der Waals surface area contributed by atoms with Gasteiger partial charge in [0.2, 0.25) is 5.91 Å². The number of nitrogens with one attached hydrogen (secondary N) is 1. The summed E-state index contributed by atoms with van der Waals surface area (Å²) in [6.07, 6.45) is 3.65. The number of hydrogen-bond acceptors (Lipinski definition) is 3. The van der Waals surface area contributed by atoms with Crippen LogP contribution in [0.3, 0.4) is 0 Å². The second-order valence-electron chi connectivity index (χ2n) is 7.01. The molecule has 1 unspecified atom stereocenters. The highest BCUT2D eigenvalue weighted by Crippen LogP contribution is 2.23. The molecule has 0 saturated carbocycles. The van der Waals surface area contributed by atoms with Crippen LogP contribution in [0.1, 0.15) is 24.2 Å². The van der Waals surface area contributed by atoms with E-state index in [9.17, 15) is 4.79 Å². The van der Waals surface area contributed by atoms with Crippen molar-refractivity contribution in [1.82, 2.24) is 10.2 Å². The maximum absolute atomic E-state index is 12.5. The van der Waals surface area contributed by atoms with Gasteiger partial charge in [0, 0.05) is 13.1 Å². The molecule has 4 nitrogen and oxygen atoms in total. The second kappa shape index (κ2) is 7.75. The minimum Gasteiger partial charge on any atom is -0.467 e. The average molecular weight is 348 g/mol. The van der Waals surface area contributed by atoms with E-state index in [1.165, 1.54) is 16.3 Å². The third-order valence-corrected chi connectivity index (χ3v) is 5.17. The van der Waals surface area contributed by atoms with Crippen molar-refractivity contribution in [3.63, 3.8) is 0 Å². The number of likely N-dealkylation sites (tertiary alicyclic amines) is 1. The minimum absolute atomic E-state index is 0.0497. The number of nitrogens with zero attached hydrogens (tertiary/aromatic N) is 1. The molecule has 4 heteroatoms. The molecule has 1 aliphatic rings. The molecule has 2 aromatic carbocycles. The summed E-state index contributed by atoms with van der Waals surface area (Å²) in [5, 5.41) is 5.59. The lowest BCUT2D eigenvalue weighted by Gasteiger charge is -2.32. The molecular weight excluding hydrogens is 324 g/mol. The maximum atomic E-state index is 12.5. The van der Waals surface area contributed by atoms with Crippen LogP contribution in [0.2, 0.25) is 0 Å². The Morgan fingerprint density at radius 2 is 2.00 bits per heavy atom. The Kier molecular flexibility index (Phi) is 5.02. The molecule has 1 fully saturated rings. The number of piperidine rings is 1. The zero-order valence-electron chi connectivity index (χ0n) is 14.9. The van der Waals surface area contributed by atoms with Gasteiger partial charge in [0.05, 0.1) is 18.7 Å². The number of fused-ring (bicyclic) bond motifs is 1. The molecule has 1 aliphatic heterocycles. The number of amides is 1. The Hall–Kier alpha value is -2.59. The van der Waals surface area contributed by atoms with Gasteiger partial charge in [-0.25, -0.2) is 0 Å². The molecule has 1 aromatic heterocycles. The summed E-state index contributed by atoms with van der Waals surface area (Å²) in [5.74, 6) is 0.972. The summed E-state index contributed by atoms with van der Waals surface area (Å²) in [6.45, 7) is 3.22. The van der Waals surface area contributed by atoms with Gasteiger partial charge in [0.25, 0.3) is 0 Å². The molecule has 1 atom stereocenters. The van der Waals surface area contributed by atoms with Crippen LogP contribution in [0.25, 0.3) is 10.8 Å². The standard InChI is InChI=1S/C22H24N2O2/c25-22(23-14-20-10-5-13-26-20)19-9-4-12-24(16-19)15-18-8-3-7-17-6-1-2-11-21(17)18/h1-3,5-8,10-11,13,19H,4,9,12,14-16H2,(H,23,25). The summed E-state index contributed by atoms with van der Waals surface area (Å²) < 4.78 is 5.29. The molecule has 26 heavy (non-hydrogen) atoms. The number of benzene rings is 2. The van der Waals surface area contributed by atoms with E-state index in [1.807, 2.05) is 12.1 Å². The van der Waals surface area contributed by atoms with Gasteiger partial charge in [0.15, 0.2) is 0 Å². The fraction of sp³-hybridized carbons (Fsp3) is 0.318. The normalized spacial score (nSPS) is 18.1. The van der Waals surface area contributed by atoms with Gasteiger partial charge in [-0.05, 0) is 47.9 Å². The SMILES string of the molecule is O=C(NCc1ccco1)C1CCCN(Cc2cccc3ccccc23)C1. The van der Waals surface area contributed by atoms with Crippen LogP contribution >= 0.6 is 0 Å². The van der Waals surface area contributed by atoms with Crippen molar-refractivity contribution in [2.75, 3.05) is 13.1 Å². The number of carbonyl (C=O) groups excluding carboxylic acids is 1. The van der Waals surface area contributed by atoms with E-state index < -0.39 is 0 Å². The monoisotopic (exact) mass is 348 g/mol. The molecule has 0 spiro atoms. The van der Waals surface area contributed by atoms with Gasteiger partial charge in [0.1, 0.15) is 5.76 Å². The molecule has 134 valence electrons. The number of furan rings is 1. The third-order valence-electron chi connectivity index (χ3n) is 5.17. The Labute approximate surface area is 153 Å². The molecule has 1 N–H and O–H groups in total. The van der Waals surface area contributed by atoms with Crippen molar-refractivity contribution in [3.05, 3.63) is 72.2 Å². The fourth-order valence-corrected chi connectivity index (χ4v) is 3.82. The second-order valence-corrected chi connectivity index (χ2v) is 7.01. The van der Waals surface area contributed by atoms with E-state index in [-0.39, 0.29) is 11.8 Å². The largest absolute Gasteiger partial charge is 0.467 e. The van der Waals surface area contributed by atoms with E-state index in [4.69, 9.17) is 4.42 Å². The molecule has 2 heterocycles. The number of rotatable bonds is 5. The van der Waals surface area contributed by atoms with Crippen molar-refractivity contribution in [1.29, 1.82) is 0 Å². The average Bonchev–Trinajstić information content (AvgIpc) is 3.20. The van der Waals surface area contributed by atoms with Gasteiger partial charge in [-0.2, -0.15) is 0 Å². The Morgan fingerprint density at radius 1 is 1.12 bits per heavy atom. The van der Waals surface area contributed by atoms with Gasteiger partial charge < -0.3 is 9.73 Å². The van der Waals surface area contributed by atoms with Crippen molar-refractivity contribution in [2.45, 2.75) is 25.9 Å². The molecular formula is C22H24N2O2. The fourth-order valence-electron chi connectivity index (χ4n) is 3.82. The molecule has 3 aromatic rings. The van der Waals surface area contributed by atoms with Crippen LogP contribution in [0.5, 0.6) is 0 Å². The molecule has 1 amide bonds. The van der Waals surface area contributed by atoms with Crippen LogP contribution in [0.4, 0.5) is 0 Å². The van der Waals surface area contributed by atoms with Crippen molar-refractivity contribution in [2.24, 2.45) is 5.92 Å². The number of carbonyl (C=O) groups is 1. The summed E-state index contributed by atoms with van der Waals surface area (Å²) in [6, 6.07) is 18.7. The van der Waals surface area contributed by atoms with Crippen molar-refractivity contribution < 1.29 is 9.21 Å². The van der Waals surface area contributed by atoms with Gasteiger partial charge >= 0.3 is 0 Å². The van der Waals surface area contributed by atoms with Crippen LogP contribution in [-0.4, -0.2) is 23.9 Å². The first-order valence-electron chi connectivity index (χ1n) is 9.29. The topological polar surface area (TPSA) is 45.5 Å². The summed E-state index contributed by atoms with van der Waals surface area (Å²) in [7, 11) is 0. The Bertz CT molecular complexity index is 867. The van der Waals surface area contributed by atoms with Crippen molar-refractivity contribution >= 4 is 16.7 Å². The first-order valence-corrected chi connectivity index (χ1v) is 9.29. The lowest BCUT2D eigenvalue weighted by molar-refractivity contribution is -0.127. The predicted octanol–water partition coefficient (Wildman–Crippen LogP) is 3.96. The van der Waals surface area contributed by atoms with Gasteiger partial charge in [-0.1, -0.05) is 42.5 Å². The maximum Gasteiger partial charge on any atom is 0.224 e. The molecule has 0 aliphatic carbocycles. The summed E-state index contributed by atoms with van der Waals surface area (Å²) in [5.41, 5.74) is 1.33. The van der Waals surface area contributed by atoms with Crippen LogP contribution in [0.15, 0.2) is 65.3 Å². The van der Waals surface area contributed by atoms with Gasteiger partial charge in [-0.15, -0.1) is 0 Å². The minimum atomic E-state index is 0.0497. The quantitative estimate of drug-likeness (QED) is 0.759. The summed E-state index contributed by atoms with van der Waals surface area (Å²) >= 11 is 0. The highest BCUT2D eigenvalue weighted by molar-refractivity contribution is 5.85.